The van der Waals surface area contributed by atoms with Crippen molar-refractivity contribution in [3.8, 4) is 11.6 Å². The molecule has 2 aromatic carbocycles. The van der Waals surface area contributed by atoms with E-state index in [0.717, 1.165) is 17.4 Å². The fraction of sp³-hybridized carbons (Fsp3) is 0.118. The van der Waals surface area contributed by atoms with Crippen LogP contribution in [0.2, 0.25) is 0 Å². The Kier molecular flexibility index (Phi) is 3.65. The van der Waals surface area contributed by atoms with Gasteiger partial charge in [0.15, 0.2) is 5.88 Å². The number of benzene rings is 2. The van der Waals surface area contributed by atoms with E-state index in [0.29, 0.717) is 11.9 Å². The van der Waals surface area contributed by atoms with Crippen molar-refractivity contribution in [2.45, 2.75) is 6.54 Å². The Labute approximate surface area is 131 Å². The predicted octanol–water partition coefficient (Wildman–Crippen LogP) is 3.24. The Hall–Kier alpha value is -3.02. The zero-order valence-electron chi connectivity index (χ0n) is 12.3. The molecule has 2 N–H and O–H groups in total. The number of carboxylic acids is 1. The number of rotatable bonds is 4. The minimum absolute atomic E-state index is 0.105. The van der Waals surface area contributed by atoms with Crippen molar-refractivity contribution in [1.29, 1.82) is 0 Å². The molecule has 3 aromatic rings. The van der Waals surface area contributed by atoms with Crippen molar-refractivity contribution in [1.82, 2.24) is 4.57 Å². The van der Waals surface area contributed by atoms with Gasteiger partial charge in [-0.3, -0.25) is 0 Å². The lowest BCUT2D eigenvalue weighted by molar-refractivity contribution is 0.0692. The van der Waals surface area contributed by atoms with E-state index < -0.39 is 17.3 Å². The molecule has 0 amide bonds. The number of nitrogens with zero attached hydrogens (tertiary/aromatic N) is 1. The Morgan fingerprint density at radius 1 is 1.26 bits per heavy atom. The van der Waals surface area contributed by atoms with Crippen LogP contribution in [0.5, 0.6) is 11.6 Å². The summed E-state index contributed by atoms with van der Waals surface area (Å²) in [4.78, 5) is 11.0. The zero-order valence-corrected chi connectivity index (χ0v) is 12.3. The molecule has 118 valence electrons. The van der Waals surface area contributed by atoms with Crippen LogP contribution in [-0.4, -0.2) is 27.9 Å². The molecule has 0 unspecified atom stereocenters. The van der Waals surface area contributed by atoms with Crippen LogP contribution >= 0.6 is 0 Å². The molecule has 1 aromatic heterocycles. The number of carboxylic acid groups (broad SMARTS) is 1. The number of methoxy groups -OCH3 is 1. The van der Waals surface area contributed by atoms with Gasteiger partial charge in [0.05, 0.1) is 19.2 Å². The number of halogens is 1. The molecule has 5 nitrogen and oxygen atoms in total. The maximum atomic E-state index is 13.8. The number of hydrogen-bond acceptors (Lipinski definition) is 3. The molecule has 0 saturated carbocycles. The summed E-state index contributed by atoms with van der Waals surface area (Å²) < 4.78 is 20.4. The highest BCUT2D eigenvalue weighted by atomic mass is 19.1. The third-order valence-electron chi connectivity index (χ3n) is 3.69. The van der Waals surface area contributed by atoms with Crippen molar-refractivity contribution in [3.63, 3.8) is 0 Å². The normalized spacial score (nSPS) is 10.9. The van der Waals surface area contributed by atoms with Gasteiger partial charge in [-0.05, 0) is 29.8 Å². The topological polar surface area (TPSA) is 71.7 Å². The molecule has 0 aliphatic heterocycles. The summed E-state index contributed by atoms with van der Waals surface area (Å²) >= 11 is 0. The van der Waals surface area contributed by atoms with Crippen molar-refractivity contribution in [3.05, 3.63) is 59.5 Å². The molecule has 0 spiro atoms. The smallest absolute Gasteiger partial charge is 0.338 e. The third-order valence-corrected chi connectivity index (χ3v) is 3.69. The second kappa shape index (κ2) is 5.64. The second-order valence-corrected chi connectivity index (χ2v) is 5.15. The van der Waals surface area contributed by atoms with Crippen molar-refractivity contribution in [2.75, 3.05) is 7.11 Å². The van der Waals surface area contributed by atoms with Crippen LogP contribution < -0.4 is 4.74 Å². The lowest BCUT2D eigenvalue weighted by Gasteiger charge is -2.06. The maximum Gasteiger partial charge on any atom is 0.338 e. The van der Waals surface area contributed by atoms with Crippen LogP contribution in [0.1, 0.15) is 15.9 Å². The Morgan fingerprint density at radius 3 is 2.57 bits per heavy atom. The number of carbonyl (C=O) groups is 1. The second-order valence-electron chi connectivity index (χ2n) is 5.15. The van der Waals surface area contributed by atoms with Crippen LogP contribution in [0.25, 0.3) is 10.8 Å². The molecule has 0 atom stereocenters. The standard InChI is InChI=1S/C17H14FNO4/c1-23-12-4-2-10(3-5-12)8-19-9-11-6-14(17(21)22)15(18)7-13(11)16(19)20/h2-7,9,20H,8H2,1H3,(H,21,22). The molecule has 0 aliphatic rings. The largest absolute Gasteiger partial charge is 0.497 e. The number of aromatic hydroxyl groups is 1. The van der Waals surface area contributed by atoms with E-state index in [9.17, 15) is 14.3 Å². The number of aromatic nitrogens is 1. The first-order valence-electron chi connectivity index (χ1n) is 6.87. The summed E-state index contributed by atoms with van der Waals surface area (Å²) in [5.74, 6) is -1.59. The molecular weight excluding hydrogens is 301 g/mol. The van der Waals surface area contributed by atoms with Gasteiger partial charge in [-0.2, -0.15) is 0 Å². The van der Waals surface area contributed by atoms with Gasteiger partial charge in [-0.1, -0.05) is 12.1 Å². The van der Waals surface area contributed by atoms with E-state index in [2.05, 4.69) is 0 Å². The Balaban J connectivity index is 2.00. The van der Waals surface area contributed by atoms with Crippen LogP contribution in [0.15, 0.2) is 42.6 Å². The molecule has 23 heavy (non-hydrogen) atoms. The van der Waals surface area contributed by atoms with Gasteiger partial charge in [0.25, 0.3) is 0 Å². The molecule has 0 saturated heterocycles. The molecule has 0 aliphatic carbocycles. The van der Waals surface area contributed by atoms with E-state index in [1.54, 1.807) is 25.4 Å². The summed E-state index contributed by atoms with van der Waals surface area (Å²) in [6.45, 7) is 0.370. The van der Waals surface area contributed by atoms with Crippen LogP contribution in [0.3, 0.4) is 0 Å². The highest BCUT2D eigenvalue weighted by Gasteiger charge is 2.16. The first-order chi connectivity index (χ1) is 11.0. The number of fused-ring (bicyclic) bond motifs is 1. The van der Waals surface area contributed by atoms with Crippen LogP contribution in [0, 0.1) is 5.82 Å². The summed E-state index contributed by atoms with van der Waals surface area (Å²) in [5.41, 5.74) is 0.499. The van der Waals surface area contributed by atoms with Gasteiger partial charge >= 0.3 is 5.97 Å². The van der Waals surface area contributed by atoms with E-state index in [-0.39, 0.29) is 11.3 Å². The molecule has 0 radical (unpaired) electrons. The lowest BCUT2D eigenvalue weighted by atomic mass is 10.1. The molecular formula is C17H14FNO4. The van der Waals surface area contributed by atoms with Gasteiger partial charge < -0.3 is 19.5 Å². The fourth-order valence-electron chi connectivity index (χ4n) is 2.49. The first-order valence-corrected chi connectivity index (χ1v) is 6.87. The van der Waals surface area contributed by atoms with E-state index >= 15 is 0 Å². The predicted molar refractivity (Wildman–Crippen MR) is 82.6 cm³/mol. The van der Waals surface area contributed by atoms with Gasteiger partial charge in [-0.15, -0.1) is 0 Å². The highest BCUT2D eigenvalue weighted by molar-refractivity contribution is 5.96. The van der Waals surface area contributed by atoms with Gasteiger partial charge in [-0.25, -0.2) is 9.18 Å². The highest BCUT2D eigenvalue weighted by Crippen LogP contribution is 2.30. The SMILES string of the molecule is COc1ccc(Cn2cc3cc(C(=O)O)c(F)cc3c2O)cc1. The fourth-order valence-corrected chi connectivity index (χ4v) is 2.49. The minimum atomic E-state index is -1.34. The lowest BCUT2D eigenvalue weighted by Crippen LogP contribution is -1.99. The number of hydrogen-bond donors (Lipinski definition) is 2. The molecule has 0 bridgehead atoms. The first kappa shape index (κ1) is 14.9. The molecule has 3 rings (SSSR count). The summed E-state index contributed by atoms with van der Waals surface area (Å²) in [5, 5.41) is 19.9. The Bertz CT molecular complexity index is 884. The van der Waals surface area contributed by atoms with Crippen LogP contribution in [-0.2, 0) is 6.54 Å². The van der Waals surface area contributed by atoms with Gasteiger partial charge in [0, 0.05) is 17.0 Å². The average molecular weight is 315 g/mol. The zero-order chi connectivity index (χ0) is 16.6. The number of ether oxygens (including phenoxy) is 1. The molecule has 1 heterocycles. The van der Waals surface area contributed by atoms with E-state index in [4.69, 9.17) is 9.84 Å². The van der Waals surface area contributed by atoms with E-state index in [1.165, 1.54) is 10.6 Å². The Morgan fingerprint density at radius 2 is 1.96 bits per heavy atom. The molecule has 0 fully saturated rings. The maximum absolute atomic E-state index is 13.8. The van der Waals surface area contributed by atoms with Crippen molar-refractivity contribution in [2.24, 2.45) is 0 Å². The summed E-state index contributed by atoms with van der Waals surface area (Å²) in [6, 6.07) is 9.57. The third kappa shape index (κ3) is 2.70. The van der Waals surface area contributed by atoms with Gasteiger partial charge in [0.1, 0.15) is 11.6 Å². The van der Waals surface area contributed by atoms with Crippen LogP contribution in [0.4, 0.5) is 4.39 Å². The van der Waals surface area contributed by atoms with Crippen molar-refractivity contribution >= 4 is 16.7 Å². The van der Waals surface area contributed by atoms with E-state index in [1.807, 2.05) is 12.1 Å². The summed E-state index contributed by atoms with van der Waals surface area (Å²) in [7, 11) is 1.58. The van der Waals surface area contributed by atoms with Crippen molar-refractivity contribution < 1.29 is 24.1 Å². The minimum Gasteiger partial charge on any atom is -0.497 e. The van der Waals surface area contributed by atoms with Gasteiger partial charge in [0.2, 0.25) is 0 Å². The summed E-state index contributed by atoms with van der Waals surface area (Å²) in [6.07, 6.45) is 1.60. The number of aromatic carboxylic acids is 1. The average Bonchev–Trinajstić information content (AvgIpc) is 2.83. The quantitative estimate of drug-likeness (QED) is 0.775. The molecule has 6 heteroatoms. The monoisotopic (exact) mass is 315 g/mol.